The molecule has 37 heavy (non-hydrogen) atoms. The van der Waals surface area contributed by atoms with Crippen LogP contribution in [0.3, 0.4) is 0 Å². The van der Waals surface area contributed by atoms with Gasteiger partial charge in [0.05, 0.1) is 17.7 Å². The number of alkyl halides is 3. The Balaban J connectivity index is 1.92. The Morgan fingerprint density at radius 3 is 2.16 bits per heavy atom. The molecule has 0 spiro atoms. The number of carbonyl (C=O) groups is 1. The lowest BCUT2D eigenvalue weighted by Gasteiger charge is -2.23. The number of amides is 1. The summed E-state index contributed by atoms with van der Waals surface area (Å²) in [5.41, 5.74) is 0.524. The maximum Gasteiger partial charge on any atom is 0.432 e. The van der Waals surface area contributed by atoms with Gasteiger partial charge < -0.3 is 16.0 Å². The first kappa shape index (κ1) is 27.2. The third kappa shape index (κ3) is 7.78. The van der Waals surface area contributed by atoms with Crippen molar-refractivity contribution in [3.8, 4) is 6.07 Å². The van der Waals surface area contributed by atoms with Crippen LogP contribution in [0, 0.1) is 16.7 Å². The average molecular weight is 506 g/mol. The van der Waals surface area contributed by atoms with Crippen molar-refractivity contribution in [2.75, 3.05) is 10.6 Å². The number of allylic oxidation sites excluding steroid dienone is 1. The normalized spacial score (nSPS) is 12.5. The van der Waals surface area contributed by atoms with E-state index in [0.717, 1.165) is 11.1 Å². The van der Waals surface area contributed by atoms with Crippen LogP contribution in [0.2, 0.25) is 0 Å². The van der Waals surface area contributed by atoms with Crippen LogP contribution in [0.5, 0.6) is 0 Å². The lowest BCUT2D eigenvalue weighted by Crippen LogP contribution is -2.29. The number of nitriles is 1. The average Bonchev–Trinajstić information content (AvgIpc) is 2.87. The van der Waals surface area contributed by atoms with E-state index in [2.05, 4.69) is 16.0 Å². The van der Waals surface area contributed by atoms with E-state index in [-0.39, 0.29) is 23.3 Å². The molecule has 190 valence electrons. The van der Waals surface area contributed by atoms with E-state index in [1.807, 2.05) is 56.3 Å². The van der Waals surface area contributed by atoms with Gasteiger partial charge in [0, 0.05) is 17.4 Å². The van der Waals surface area contributed by atoms with Crippen LogP contribution >= 0.6 is 0 Å². The van der Waals surface area contributed by atoms with Crippen molar-refractivity contribution in [2.24, 2.45) is 0 Å². The van der Waals surface area contributed by atoms with Gasteiger partial charge in [-0.3, -0.25) is 10.2 Å². The molecular weight excluding hydrogens is 479 g/mol. The predicted octanol–water partition coefficient (Wildman–Crippen LogP) is 6.16. The zero-order valence-corrected chi connectivity index (χ0v) is 20.2. The van der Waals surface area contributed by atoms with E-state index in [1.54, 1.807) is 18.2 Å². The largest absolute Gasteiger partial charge is 0.432 e. The monoisotopic (exact) mass is 505 g/mol. The third-order valence-corrected chi connectivity index (χ3v) is 5.22. The first-order valence-corrected chi connectivity index (χ1v) is 11.4. The highest BCUT2D eigenvalue weighted by Crippen LogP contribution is 2.26. The Hall–Kier alpha value is -4.42. The second-order valence-corrected chi connectivity index (χ2v) is 8.53. The fourth-order valence-corrected chi connectivity index (χ4v) is 3.56. The van der Waals surface area contributed by atoms with Gasteiger partial charge in [-0.1, -0.05) is 48.5 Å². The van der Waals surface area contributed by atoms with Crippen molar-refractivity contribution in [1.29, 1.82) is 10.7 Å². The molecule has 9 heteroatoms. The van der Waals surface area contributed by atoms with Gasteiger partial charge in [-0.2, -0.15) is 18.4 Å². The highest BCUT2D eigenvalue weighted by atomic mass is 19.4. The van der Waals surface area contributed by atoms with Crippen LogP contribution in [0.25, 0.3) is 0 Å². The zero-order chi connectivity index (χ0) is 27.0. The van der Waals surface area contributed by atoms with Gasteiger partial charge in [-0.15, -0.1) is 0 Å². The summed E-state index contributed by atoms with van der Waals surface area (Å²) in [6.45, 7) is 4.03. The Kier molecular flexibility index (Phi) is 8.82. The molecule has 0 aliphatic carbocycles. The highest BCUT2D eigenvalue weighted by molar-refractivity contribution is 6.11. The van der Waals surface area contributed by atoms with Crippen LogP contribution in [0.1, 0.15) is 36.6 Å². The molecule has 0 saturated carbocycles. The molecule has 1 unspecified atom stereocenters. The van der Waals surface area contributed by atoms with Crippen LogP contribution in [0.15, 0.2) is 90.6 Å². The fourth-order valence-electron chi connectivity index (χ4n) is 3.56. The smallest absolute Gasteiger partial charge is 0.351 e. The van der Waals surface area contributed by atoms with E-state index in [9.17, 15) is 18.0 Å². The molecule has 4 N–H and O–H groups in total. The molecule has 0 bridgehead atoms. The first-order valence-electron chi connectivity index (χ1n) is 11.4. The minimum absolute atomic E-state index is 0.153. The van der Waals surface area contributed by atoms with Gasteiger partial charge in [-0.25, -0.2) is 0 Å². The molecule has 0 heterocycles. The molecule has 0 aliphatic heterocycles. The van der Waals surface area contributed by atoms with Crippen molar-refractivity contribution in [1.82, 2.24) is 5.32 Å². The standard InChI is InChI=1S/C28H26F3N5O/c1-18(2)34-26(20-9-4-3-5-10-20)21-11-7-13-23(15-21)36-27(37)24(16-25(33)28(29,30)31)35-22-12-6-8-19(14-22)17-32/h3-16,18,26,33-35H,1-2H3,(H,36,37)/b24-16-,33-25?. The van der Waals surface area contributed by atoms with Crippen molar-refractivity contribution >= 4 is 23.0 Å². The van der Waals surface area contributed by atoms with Crippen molar-refractivity contribution < 1.29 is 18.0 Å². The van der Waals surface area contributed by atoms with E-state index in [0.29, 0.717) is 11.8 Å². The molecule has 0 fully saturated rings. The van der Waals surface area contributed by atoms with Gasteiger partial charge in [0.1, 0.15) is 11.4 Å². The molecule has 1 amide bonds. The number of hydrogen-bond acceptors (Lipinski definition) is 5. The number of hydrogen-bond donors (Lipinski definition) is 4. The number of anilines is 2. The Morgan fingerprint density at radius 1 is 0.919 bits per heavy atom. The number of benzene rings is 3. The molecule has 0 radical (unpaired) electrons. The quantitative estimate of drug-likeness (QED) is 0.207. The summed E-state index contributed by atoms with van der Waals surface area (Å²) in [6.07, 6.45) is -4.52. The van der Waals surface area contributed by atoms with Gasteiger partial charge in [0.15, 0.2) is 0 Å². The topological polar surface area (TPSA) is 101 Å². The lowest BCUT2D eigenvalue weighted by molar-refractivity contribution is -0.112. The summed E-state index contributed by atoms with van der Waals surface area (Å²) in [5, 5.41) is 25.2. The molecule has 0 aliphatic rings. The molecule has 3 aromatic rings. The molecule has 6 nitrogen and oxygen atoms in total. The minimum Gasteiger partial charge on any atom is -0.351 e. The molecule has 3 aromatic carbocycles. The fraction of sp³-hybridized carbons (Fsp3) is 0.179. The highest BCUT2D eigenvalue weighted by Gasteiger charge is 2.33. The lowest BCUT2D eigenvalue weighted by atomic mass is 9.97. The molecular formula is C28H26F3N5O. The summed E-state index contributed by atoms with van der Waals surface area (Å²) in [5.74, 6) is -0.874. The van der Waals surface area contributed by atoms with Crippen molar-refractivity contribution in [3.05, 3.63) is 107 Å². The predicted molar refractivity (Wildman–Crippen MR) is 138 cm³/mol. The summed E-state index contributed by atoms with van der Waals surface area (Å²) in [6, 6.07) is 24.6. The SMILES string of the molecule is CC(C)NC(c1ccccc1)c1cccc(NC(=O)/C(=C/C(=N)C(F)(F)F)Nc2cccc(C#N)c2)c1. The summed E-state index contributed by atoms with van der Waals surface area (Å²) in [4.78, 5) is 13.1. The molecule has 1 atom stereocenters. The van der Waals surface area contributed by atoms with E-state index >= 15 is 0 Å². The first-order chi connectivity index (χ1) is 17.6. The van der Waals surface area contributed by atoms with Crippen LogP contribution < -0.4 is 16.0 Å². The molecule has 3 rings (SSSR count). The number of nitrogens with one attached hydrogen (secondary N) is 4. The third-order valence-electron chi connectivity index (χ3n) is 5.22. The van der Waals surface area contributed by atoms with E-state index in [4.69, 9.17) is 10.7 Å². The van der Waals surface area contributed by atoms with E-state index < -0.39 is 23.5 Å². The summed E-state index contributed by atoms with van der Waals surface area (Å²) in [7, 11) is 0. The molecule has 0 saturated heterocycles. The zero-order valence-electron chi connectivity index (χ0n) is 20.2. The van der Waals surface area contributed by atoms with Crippen LogP contribution in [-0.2, 0) is 4.79 Å². The minimum atomic E-state index is -4.94. The Labute approximate surface area is 213 Å². The second-order valence-electron chi connectivity index (χ2n) is 8.53. The maximum absolute atomic E-state index is 13.1. The van der Waals surface area contributed by atoms with Crippen LogP contribution in [-0.4, -0.2) is 23.8 Å². The maximum atomic E-state index is 13.1. The second kappa shape index (κ2) is 12.0. The Morgan fingerprint density at radius 2 is 1.54 bits per heavy atom. The van der Waals surface area contributed by atoms with Crippen molar-refractivity contribution in [2.45, 2.75) is 32.1 Å². The number of carbonyl (C=O) groups excluding carboxylic acids is 1. The van der Waals surface area contributed by atoms with Crippen LogP contribution in [0.4, 0.5) is 24.5 Å². The van der Waals surface area contributed by atoms with Gasteiger partial charge in [0.25, 0.3) is 5.91 Å². The van der Waals surface area contributed by atoms with E-state index in [1.165, 1.54) is 24.3 Å². The van der Waals surface area contributed by atoms with Gasteiger partial charge in [0.2, 0.25) is 0 Å². The number of nitrogens with zero attached hydrogens (tertiary/aromatic N) is 1. The Bertz CT molecular complexity index is 1330. The van der Waals surface area contributed by atoms with Gasteiger partial charge >= 0.3 is 6.18 Å². The summed E-state index contributed by atoms with van der Waals surface area (Å²) < 4.78 is 39.3. The number of rotatable bonds is 9. The molecule has 0 aromatic heterocycles. The van der Waals surface area contributed by atoms with Crippen molar-refractivity contribution in [3.63, 3.8) is 0 Å². The summed E-state index contributed by atoms with van der Waals surface area (Å²) >= 11 is 0. The van der Waals surface area contributed by atoms with Gasteiger partial charge in [-0.05, 0) is 61.4 Å². The number of halogens is 3.